The molecule has 0 aromatic heterocycles. The fraction of sp³-hybridized carbons (Fsp3) is 0.667. The third-order valence-corrected chi connectivity index (χ3v) is 4.29. The van der Waals surface area contributed by atoms with E-state index in [2.05, 4.69) is 5.43 Å². The number of hydrazine groups is 1. The second-order valence-electron chi connectivity index (χ2n) is 5.77. The molecule has 9 heteroatoms. The lowest BCUT2D eigenvalue weighted by Gasteiger charge is -2.37. The van der Waals surface area contributed by atoms with Crippen molar-refractivity contribution in [1.29, 1.82) is 0 Å². The number of nitrogens with zero attached hydrogens (tertiary/aromatic N) is 3. The average molecular weight is 338 g/mol. The number of carbonyl (C=O) groups is 1. The summed E-state index contributed by atoms with van der Waals surface area (Å²) in [6, 6.07) is 0. The molecule has 2 fully saturated rings. The molecule has 1 aromatic carbocycles. The van der Waals surface area contributed by atoms with E-state index < -0.39 is 10.9 Å². The van der Waals surface area contributed by atoms with Crippen LogP contribution in [0.25, 0.3) is 0 Å². The molecular formula is C15H22N4O5. The van der Waals surface area contributed by atoms with Gasteiger partial charge < -0.3 is 24.7 Å². The van der Waals surface area contributed by atoms with Gasteiger partial charge in [-0.2, -0.15) is 0 Å². The summed E-state index contributed by atoms with van der Waals surface area (Å²) in [7, 11) is 0. The van der Waals surface area contributed by atoms with Gasteiger partial charge in [-0.15, -0.1) is 0 Å². The predicted octanol–water partition coefficient (Wildman–Crippen LogP) is -0.780. The van der Waals surface area contributed by atoms with Gasteiger partial charge in [0.2, 0.25) is 0 Å². The normalized spacial score (nSPS) is 19.5. The number of carbonyl (C=O) groups excluding carboxylic acids is 1. The number of ether oxygens (including phenoxy) is 2. The summed E-state index contributed by atoms with van der Waals surface area (Å²) in [6.07, 6.45) is -0.339. The molecule has 2 heterocycles. The van der Waals surface area contributed by atoms with Gasteiger partial charge in [-0.25, -0.2) is 9.80 Å². The molecule has 0 aliphatic carbocycles. The zero-order valence-electron chi connectivity index (χ0n) is 13.7. The third-order valence-electron chi connectivity index (χ3n) is 4.29. The predicted molar refractivity (Wildman–Crippen MR) is 88.2 cm³/mol. The SMILES string of the molecule is CCOC(=O)N1CCN(c2c(NN3CCOCC3)c(=O)c2=O)CC1. The summed E-state index contributed by atoms with van der Waals surface area (Å²) in [4.78, 5) is 39.1. The van der Waals surface area contributed by atoms with Gasteiger partial charge >= 0.3 is 6.09 Å². The number of piperazine rings is 1. The maximum atomic E-state index is 12.0. The van der Waals surface area contributed by atoms with Crippen molar-refractivity contribution in [3.63, 3.8) is 0 Å². The molecule has 2 aliphatic heterocycles. The molecule has 2 aliphatic rings. The van der Waals surface area contributed by atoms with E-state index in [0.29, 0.717) is 70.5 Å². The molecule has 1 N–H and O–H groups in total. The first-order valence-corrected chi connectivity index (χ1v) is 8.21. The van der Waals surface area contributed by atoms with Gasteiger partial charge in [0.15, 0.2) is 0 Å². The molecule has 1 amide bonds. The van der Waals surface area contributed by atoms with Gasteiger partial charge in [-0.05, 0) is 6.92 Å². The van der Waals surface area contributed by atoms with Crippen LogP contribution in [0.4, 0.5) is 16.2 Å². The Bertz CT molecular complexity index is 655. The minimum atomic E-state index is -0.482. The Labute approximate surface area is 139 Å². The van der Waals surface area contributed by atoms with E-state index in [-0.39, 0.29) is 6.09 Å². The Kier molecular flexibility index (Phi) is 5.00. The highest BCUT2D eigenvalue weighted by Gasteiger charge is 2.31. The first-order chi connectivity index (χ1) is 11.6. The van der Waals surface area contributed by atoms with Crippen molar-refractivity contribution in [2.24, 2.45) is 0 Å². The maximum Gasteiger partial charge on any atom is 0.409 e. The van der Waals surface area contributed by atoms with Crippen LogP contribution in [0.15, 0.2) is 9.59 Å². The monoisotopic (exact) mass is 338 g/mol. The molecule has 0 bridgehead atoms. The lowest BCUT2D eigenvalue weighted by atomic mass is 10.1. The van der Waals surface area contributed by atoms with E-state index in [1.165, 1.54) is 0 Å². The fourth-order valence-electron chi connectivity index (χ4n) is 2.95. The number of nitrogens with one attached hydrogen (secondary N) is 1. The van der Waals surface area contributed by atoms with Crippen molar-refractivity contribution in [1.82, 2.24) is 9.91 Å². The summed E-state index contributed by atoms with van der Waals surface area (Å²) >= 11 is 0. The Morgan fingerprint density at radius 3 is 2.38 bits per heavy atom. The van der Waals surface area contributed by atoms with Gasteiger partial charge in [-0.1, -0.05) is 0 Å². The van der Waals surface area contributed by atoms with E-state index >= 15 is 0 Å². The van der Waals surface area contributed by atoms with Crippen LogP contribution in [0.3, 0.4) is 0 Å². The van der Waals surface area contributed by atoms with Gasteiger partial charge in [0.1, 0.15) is 11.4 Å². The molecule has 9 nitrogen and oxygen atoms in total. The van der Waals surface area contributed by atoms with Crippen molar-refractivity contribution in [3.05, 3.63) is 20.4 Å². The van der Waals surface area contributed by atoms with Crippen LogP contribution in [0, 0.1) is 0 Å². The standard InChI is InChI=1S/C15H22N4O5/c1-2-24-15(22)18-5-3-17(4-6-18)12-11(13(20)14(12)21)16-19-7-9-23-10-8-19/h16H,2-10H2,1H3. The number of hydrogen-bond acceptors (Lipinski definition) is 8. The smallest absolute Gasteiger partial charge is 0.409 e. The van der Waals surface area contributed by atoms with Crippen molar-refractivity contribution >= 4 is 17.5 Å². The van der Waals surface area contributed by atoms with Crippen molar-refractivity contribution in [2.45, 2.75) is 6.92 Å². The molecule has 0 atom stereocenters. The van der Waals surface area contributed by atoms with Crippen LogP contribution in [0.5, 0.6) is 0 Å². The van der Waals surface area contributed by atoms with Crippen molar-refractivity contribution < 1.29 is 14.3 Å². The quantitative estimate of drug-likeness (QED) is 0.715. The highest BCUT2D eigenvalue weighted by atomic mass is 16.6. The Morgan fingerprint density at radius 1 is 1.08 bits per heavy atom. The van der Waals surface area contributed by atoms with Gasteiger partial charge in [0.25, 0.3) is 10.9 Å². The summed E-state index contributed by atoms with van der Waals surface area (Å²) in [6.45, 7) is 6.55. The van der Waals surface area contributed by atoms with Crippen LogP contribution in [-0.2, 0) is 9.47 Å². The minimum Gasteiger partial charge on any atom is -0.450 e. The van der Waals surface area contributed by atoms with Crippen LogP contribution < -0.4 is 21.2 Å². The summed E-state index contributed by atoms with van der Waals surface area (Å²) in [5.74, 6) is 0. The van der Waals surface area contributed by atoms with Crippen molar-refractivity contribution in [2.75, 3.05) is 69.4 Å². The summed E-state index contributed by atoms with van der Waals surface area (Å²) < 4.78 is 10.3. The van der Waals surface area contributed by atoms with Crippen LogP contribution in [-0.4, -0.2) is 75.1 Å². The largest absolute Gasteiger partial charge is 0.450 e. The lowest BCUT2D eigenvalue weighted by molar-refractivity contribution is 0.0496. The molecule has 0 radical (unpaired) electrons. The van der Waals surface area contributed by atoms with Gasteiger partial charge in [0.05, 0.1) is 19.8 Å². The number of rotatable bonds is 4. The second kappa shape index (κ2) is 7.18. The Balaban J connectivity index is 1.63. The zero-order valence-corrected chi connectivity index (χ0v) is 13.7. The van der Waals surface area contributed by atoms with Crippen LogP contribution in [0.2, 0.25) is 0 Å². The average Bonchev–Trinajstić information content (AvgIpc) is 2.62. The minimum absolute atomic E-state index is 0.338. The van der Waals surface area contributed by atoms with E-state index in [1.807, 2.05) is 9.91 Å². The number of anilines is 2. The number of hydrogen-bond donors (Lipinski definition) is 1. The topological polar surface area (TPSA) is 91.4 Å². The first kappa shape index (κ1) is 16.7. The molecule has 0 spiro atoms. The molecule has 2 saturated heterocycles. The Hall–Kier alpha value is -2.13. The summed E-state index contributed by atoms with van der Waals surface area (Å²) in [5.41, 5.74) is 2.89. The van der Waals surface area contributed by atoms with Crippen LogP contribution >= 0.6 is 0 Å². The Morgan fingerprint density at radius 2 is 1.75 bits per heavy atom. The molecule has 24 heavy (non-hydrogen) atoms. The van der Waals surface area contributed by atoms with E-state index in [4.69, 9.17) is 9.47 Å². The van der Waals surface area contributed by atoms with E-state index in [9.17, 15) is 14.4 Å². The zero-order chi connectivity index (χ0) is 17.1. The lowest BCUT2D eigenvalue weighted by Crippen LogP contribution is -2.54. The third kappa shape index (κ3) is 3.22. The molecule has 0 unspecified atom stereocenters. The second-order valence-corrected chi connectivity index (χ2v) is 5.77. The maximum absolute atomic E-state index is 12.0. The molecule has 3 rings (SSSR count). The number of amides is 1. The highest BCUT2D eigenvalue weighted by molar-refractivity contribution is 5.75. The fourth-order valence-corrected chi connectivity index (χ4v) is 2.95. The van der Waals surface area contributed by atoms with Gasteiger partial charge in [-0.3, -0.25) is 9.59 Å². The summed E-state index contributed by atoms with van der Waals surface area (Å²) in [5, 5.41) is 1.89. The molecule has 132 valence electrons. The molecule has 0 saturated carbocycles. The first-order valence-electron chi connectivity index (χ1n) is 8.21. The van der Waals surface area contributed by atoms with E-state index in [0.717, 1.165) is 0 Å². The molecule has 1 aromatic rings. The molecular weight excluding hydrogens is 316 g/mol. The van der Waals surface area contributed by atoms with E-state index in [1.54, 1.807) is 11.8 Å². The van der Waals surface area contributed by atoms with Crippen LogP contribution in [0.1, 0.15) is 6.92 Å². The highest BCUT2D eigenvalue weighted by Crippen LogP contribution is 2.22. The van der Waals surface area contributed by atoms with Gasteiger partial charge in [0, 0.05) is 39.3 Å². The number of morpholine rings is 1. The van der Waals surface area contributed by atoms with Crippen molar-refractivity contribution in [3.8, 4) is 0 Å².